The Kier molecular flexibility index (Phi) is 5.64. The van der Waals surface area contributed by atoms with Crippen molar-refractivity contribution in [3.8, 4) is 0 Å². The average Bonchev–Trinajstić information content (AvgIpc) is 2.40. The van der Waals surface area contributed by atoms with Gasteiger partial charge in [-0.2, -0.15) is 0 Å². The second-order valence-corrected chi connectivity index (χ2v) is 6.03. The highest BCUT2D eigenvalue weighted by Gasteiger charge is 2.33. The summed E-state index contributed by atoms with van der Waals surface area (Å²) in [6, 6.07) is 0.667. The van der Waals surface area contributed by atoms with E-state index in [-0.39, 0.29) is 12.5 Å². The largest absolute Gasteiger partial charge is 0.481 e. The molecule has 0 amide bonds. The zero-order chi connectivity index (χ0) is 13.7. The van der Waals surface area contributed by atoms with Gasteiger partial charge >= 0.3 is 5.97 Å². The van der Waals surface area contributed by atoms with E-state index in [1.807, 2.05) is 0 Å². The first-order valence-electron chi connectivity index (χ1n) is 7.76. The first-order chi connectivity index (χ1) is 9.20. The average molecular weight is 269 g/mol. The third-order valence-corrected chi connectivity index (χ3v) is 4.67. The standard InChI is InChI=1S/C15H27NO3/c1-2-3-12-4-6-13(7-5-12)16-8-9-19-11-14(16)10-15(17)18/h12-14H,2-11H2,1H3,(H,17,18). The van der Waals surface area contributed by atoms with Crippen molar-refractivity contribution in [1.29, 1.82) is 0 Å². The Bertz CT molecular complexity index is 287. The van der Waals surface area contributed by atoms with E-state index in [0.717, 1.165) is 19.1 Å². The number of hydrogen-bond acceptors (Lipinski definition) is 3. The summed E-state index contributed by atoms with van der Waals surface area (Å²) in [6.07, 6.45) is 7.96. The van der Waals surface area contributed by atoms with Gasteiger partial charge in [-0.1, -0.05) is 19.8 Å². The van der Waals surface area contributed by atoms with Crippen molar-refractivity contribution in [3.63, 3.8) is 0 Å². The van der Waals surface area contributed by atoms with E-state index in [4.69, 9.17) is 9.84 Å². The molecule has 2 rings (SSSR count). The Morgan fingerprint density at radius 2 is 2.05 bits per heavy atom. The van der Waals surface area contributed by atoms with Crippen LogP contribution >= 0.6 is 0 Å². The van der Waals surface area contributed by atoms with Gasteiger partial charge in [-0.15, -0.1) is 0 Å². The second kappa shape index (κ2) is 7.25. The van der Waals surface area contributed by atoms with Crippen molar-refractivity contribution in [3.05, 3.63) is 0 Å². The Morgan fingerprint density at radius 1 is 1.32 bits per heavy atom. The van der Waals surface area contributed by atoms with Gasteiger partial charge in [0.1, 0.15) is 0 Å². The molecule has 1 saturated carbocycles. The fourth-order valence-corrected chi connectivity index (χ4v) is 3.70. The van der Waals surface area contributed by atoms with E-state index in [1.165, 1.54) is 38.5 Å². The molecule has 0 spiro atoms. The summed E-state index contributed by atoms with van der Waals surface area (Å²) in [6.45, 7) is 4.50. The lowest BCUT2D eigenvalue weighted by Crippen LogP contribution is -2.52. The van der Waals surface area contributed by atoms with E-state index in [0.29, 0.717) is 12.6 Å². The molecular formula is C15H27NO3. The molecule has 0 aromatic heterocycles. The molecule has 1 saturated heterocycles. The molecule has 1 unspecified atom stereocenters. The number of ether oxygens (including phenoxy) is 1. The zero-order valence-corrected chi connectivity index (χ0v) is 12.0. The monoisotopic (exact) mass is 269 g/mol. The van der Waals surface area contributed by atoms with E-state index < -0.39 is 5.97 Å². The summed E-state index contributed by atoms with van der Waals surface area (Å²) in [4.78, 5) is 13.4. The molecule has 2 aliphatic rings. The van der Waals surface area contributed by atoms with Crippen LogP contribution in [0.2, 0.25) is 0 Å². The van der Waals surface area contributed by atoms with Crippen LogP contribution in [0.25, 0.3) is 0 Å². The van der Waals surface area contributed by atoms with Crippen LogP contribution in [0, 0.1) is 5.92 Å². The van der Waals surface area contributed by atoms with Crippen LogP contribution in [0.3, 0.4) is 0 Å². The van der Waals surface area contributed by atoms with Crippen molar-refractivity contribution in [2.75, 3.05) is 19.8 Å². The maximum atomic E-state index is 11.0. The van der Waals surface area contributed by atoms with Gasteiger partial charge in [-0.05, 0) is 31.6 Å². The van der Waals surface area contributed by atoms with Gasteiger partial charge in [0, 0.05) is 18.6 Å². The smallest absolute Gasteiger partial charge is 0.305 e. The van der Waals surface area contributed by atoms with Gasteiger partial charge < -0.3 is 9.84 Å². The predicted molar refractivity (Wildman–Crippen MR) is 74.2 cm³/mol. The Morgan fingerprint density at radius 3 is 2.68 bits per heavy atom. The van der Waals surface area contributed by atoms with Gasteiger partial charge in [-0.3, -0.25) is 9.69 Å². The molecule has 0 radical (unpaired) electrons. The van der Waals surface area contributed by atoms with Crippen LogP contribution in [-0.2, 0) is 9.53 Å². The van der Waals surface area contributed by atoms with Crippen LogP contribution in [0.1, 0.15) is 51.9 Å². The van der Waals surface area contributed by atoms with E-state index in [9.17, 15) is 4.79 Å². The fourth-order valence-electron chi connectivity index (χ4n) is 3.70. The summed E-state index contributed by atoms with van der Waals surface area (Å²) in [5.74, 6) is 0.195. The molecule has 1 aliphatic carbocycles. The first kappa shape index (κ1) is 14.8. The lowest BCUT2D eigenvalue weighted by Gasteiger charge is -2.43. The van der Waals surface area contributed by atoms with Crippen LogP contribution in [-0.4, -0.2) is 47.8 Å². The maximum absolute atomic E-state index is 11.0. The topological polar surface area (TPSA) is 49.8 Å². The van der Waals surface area contributed by atoms with Crippen molar-refractivity contribution < 1.29 is 14.6 Å². The number of nitrogens with zero attached hydrogens (tertiary/aromatic N) is 1. The predicted octanol–water partition coefficient (Wildman–Crippen LogP) is 2.52. The molecule has 1 atom stereocenters. The van der Waals surface area contributed by atoms with Crippen LogP contribution in [0.15, 0.2) is 0 Å². The van der Waals surface area contributed by atoms with Crippen molar-refractivity contribution in [1.82, 2.24) is 4.90 Å². The molecule has 0 aromatic carbocycles. The zero-order valence-electron chi connectivity index (χ0n) is 12.0. The second-order valence-electron chi connectivity index (χ2n) is 6.03. The lowest BCUT2D eigenvalue weighted by molar-refractivity contribution is -0.141. The van der Waals surface area contributed by atoms with E-state index in [1.54, 1.807) is 0 Å². The van der Waals surface area contributed by atoms with Gasteiger partial charge in [0.25, 0.3) is 0 Å². The molecule has 2 fully saturated rings. The summed E-state index contributed by atoms with van der Waals surface area (Å²) in [5, 5.41) is 9.01. The van der Waals surface area contributed by atoms with E-state index in [2.05, 4.69) is 11.8 Å². The molecule has 1 heterocycles. The summed E-state index contributed by atoms with van der Waals surface area (Å²) in [5.41, 5.74) is 0. The number of carbonyl (C=O) groups is 1. The minimum absolute atomic E-state index is 0.0824. The normalized spacial score (nSPS) is 33.2. The highest BCUT2D eigenvalue weighted by molar-refractivity contribution is 5.67. The molecule has 0 aromatic rings. The summed E-state index contributed by atoms with van der Waals surface area (Å²) < 4.78 is 5.46. The Labute approximate surface area is 116 Å². The van der Waals surface area contributed by atoms with Gasteiger partial charge in [0.2, 0.25) is 0 Å². The van der Waals surface area contributed by atoms with Crippen LogP contribution < -0.4 is 0 Å². The highest BCUT2D eigenvalue weighted by Crippen LogP contribution is 2.32. The molecular weight excluding hydrogens is 242 g/mol. The van der Waals surface area contributed by atoms with Crippen molar-refractivity contribution in [2.45, 2.75) is 64.0 Å². The first-order valence-corrected chi connectivity index (χ1v) is 7.76. The highest BCUT2D eigenvalue weighted by atomic mass is 16.5. The Hall–Kier alpha value is -0.610. The number of morpholine rings is 1. The number of hydrogen-bond donors (Lipinski definition) is 1. The molecule has 0 bridgehead atoms. The molecule has 1 aliphatic heterocycles. The van der Waals surface area contributed by atoms with Gasteiger partial charge in [-0.25, -0.2) is 0 Å². The van der Waals surface area contributed by atoms with Crippen molar-refractivity contribution >= 4 is 5.97 Å². The third-order valence-electron chi connectivity index (χ3n) is 4.67. The number of rotatable bonds is 5. The minimum atomic E-state index is -0.708. The van der Waals surface area contributed by atoms with Crippen molar-refractivity contribution in [2.24, 2.45) is 5.92 Å². The summed E-state index contributed by atoms with van der Waals surface area (Å²) >= 11 is 0. The molecule has 110 valence electrons. The molecule has 1 N–H and O–H groups in total. The quantitative estimate of drug-likeness (QED) is 0.833. The third kappa shape index (κ3) is 4.18. The maximum Gasteiger partial charge on any atom is 0.305 e. The molecule has 19 heavy (non-hydrogen) atoms. The minimum Gasteiger partial charge on any atom is -0.481 e. The lowest BCUT2D eigenvalue weighted by atomic mass is 9.82. The van der Waals surface area contributed by atoms with Gasteiger partial charge in [0.15, 0.2) is 0 Å². The number of carboxylic acids is 1. The Balaban J connectivity index is 1.86. The number of aliphatic carboxylic acids is 1. The van der Waals surface area contributed by atoms with E-state index >= 15 is 0 Å². The molecule has 4 nitrogen and oxygen atoms in total. The SMILES string of the molecule is CCCC1CCC(N2CCOCC2CC(=O)O)CC1. The van der Waals surface area contributed by atoms with Crippen LogP contribution in [0.4, 0.5) is 0 Å². The van der Waals surface area contributed by atoms with Crippen LogP contribution in [0.5, 0.6) is 0 Å². The van der Waals surface area contributed by atoms with Gasteiger partial charge in [0.05, 0.1) is 19.6 Å². The number of carboxylic acid groups (broad SMARTS) is 1. The molecule has 4 heteroatoms. The summed E-state index contributed by atoms with van der Waals surface area (Å²) in [7, 11) is 0. The fraction of sp³-hybridized carbons (Fsp3) is 0.933.